The van der Waals surface area contributed by atoms with E-state index < -0.39 is 0 Å². The fraction of sp³-hybridized carbons (Fsp3) is 0.429. The fourth-order valence-corrected chi connectivity index (χ4v) is 1.22. The fourth-order valence-electron chi connectivity index (χ4n) is 1.22. The van der Waals surface area contributed by atoms with Crippen LogP contribution in [0.2, 0.25) is 0 Å². The van der Waals surface area contributed by atoms with Crippen LogP contribution in [-0.2, 0) is 0 Å². The van der Waals surface area contributed by atoms with Gasteiger partial charge in [0.15, 0.2) is 5.65 Å². The third kappa shape index (κ3) is 3.97. The minimum Gasteiger partial charge on any atom is -0.236 e. The van der Waals surface area contributed by atoms with Crippen molar-refractivity contribution in [1.82, 2.24) is 9.97 Å². The summed E-state index contributed by atoms with van der Waals surface area (Å²) >= 11 is 0. The summed E-state index contributed by atoms with van der Waals surface area (Å²) < 4.78 is 0. The van der Waals surface area contributed by atoms with E-state index in [1.165, 1.54) is 5.56 Å². The molecule has 16 heavy (non-hydrogen) atoms. The first-order chi connectivity index (χ1) is 7.75. The minimum absolute atomic E-state index is 0.834. The largest absolute Gasteiger partial charge is 0.236 e. The molecular weight excluding hydrogens is 196 g/mol. The van der Waals surface area contributed by atoms with E-state index in [4.69, 9.17) is 0 Å². The summed E-state index contributed by atoms with van der Waals surface area (Å²) in [4.78, 5) is 8.54. The average Bonchev–Trinajstić information content (AvgIpc) is 2.35. The lowest BCUT2D eigenvalue weighted by Crippen LogP contribution is -1.86. The van der Waals surface area contributed by atoms with Gasteiger partial charge < -0.3 is 0 Å². The van der Waals surface area contributed by atoms with Crippen molar-refractivity contribution < 1.29 is 0 Å². The minimum atomic E-state index is 0.834. The van der Waals surface area contributed by atoms with Crippen molar-refractivity contribution in [2.45, 2.75) is 41.5 Å². The van der Waals surface area contributed by atoms with E-state index >= 15 is 0 Å². The summed E-state index contributed by atoms with van der Waals surface area (Å²) in [7, 11) is 0. The summed E-state index contributed by atoms with van der Waals surface area (Å²) in [6.07, 6.45) is 1.84. The van der Waals surface area contributed by atoms with Gasteiger partial charge in [-0.15, -0.1) is 0 Å². The molecule has 0 spiro atoms. The van der Waals surface area contributed by atoms with Crippen molar-refractivity contribution in [2.24, 2.45) is 0 Å². The van der Waals surface area contributed by atoms with Crippen LogP contribution in [0.1, 0.15) is 39.0 Å². The van der Waals surface area contributed by atoms with Crippen molar-refractivity contribution in [2.75, 3.05) is 0 Å². The van der Waals surface area contributed by atoms with Crippen molar-refractivity contribution in [3.63, 3.8) is 0 Å². The first-order valence-electron chi connectivity index (χ1n) is 5.96. The molecule has 0 saturated carbocycles. The summed E-state index contributed by atoms with van der Waals surface area (Å²) in [5, 5.41) is 1.11. The first kappa shape index (κ1) is 14.6. The van der Waals surface area contributed by atoms with E-state index in [0.29, 0.717) is 0 Å². The standard InChI is InChI=1S/C10H10N2.2C2H6/c1-7-5-9-4-3-8(2)12-10(9)11-6-7;2*1-2/h3-6H,1-2H3;2*1-2H3. The van der Waals surface area contributed by atoms with Gasteiger partial charge in [0.05, 0.1) is 0 Å². The van der Waals surface area contributed by atoms with Gasteiger partial charge >= 0.3 is 0 Å². The summed E-state index contributed by atoms with van der Waals surface area (Å²) in [5.41, 5.74) is 3.02. The van der Waals surface area contributed by atoms with Crippen LogP contribution in [0.25, 0.3) is 11.0 Å². The van der Waals surface area contributed by atoms with Crippen molar-refractivity contribution in [1.29, 1.82) is 0 Å². The highest BCUT2D eigenvalue weighted by atomic mass is 14.8. The second-order valence-electron chi connectivity index (χ2n) is 3.01. The highest BCUT2D eigenvalue weighted by Gasteiger charge is 1.95. The van der Waals surface area contributed by atoms with E-state index in [1.54, 1.807) is 0 Å². The normalized spacial score (nSPS) is 8.62. The molecular formula is C14H22N2. The Balaban J connectivity index is 0.000000509. The van der Waals surface area contributed by atoms with Gasteiger partial charge in [0, 0.05) is 17.3 Å². The van der Waals surface area contributed by atoms with Crippen LogP contribution in [0.15, 0.2) is 24.4 Å². The maximum absolute atomic E-state index is 4.31. The SMILES string of the molecule is CC.CC.Cc1cnc2nc(C)ccc2c1. The van der Waals surface area contributed by atoms with Crippen LogP contribution in [-0.4, -0.2) is 9.97 Å². The molecule has 0 aliphatic carbocycles. The molecule has 0 amide bonds. The zero-order valence-corrected chi connectivity index (χ0v) is 11.2. The van der Waals surface area contributed by atoms with Crippen LogP contribution in [0.5, 0.6) is 0 Å². The summed E-state index contributed by atoms with van der Waals surface area (Å²) in [5.74, 6) is 0. The van der Waals surface area contributed by atoms with Gasteiger partial charge in [-0.1, -0.05) is 27.7 Å². The molecule has 2 aromatic heterocycles. The number of fused-ring (bicyclic) bond motifs is 1. The molecule has 0 aliphatic heterocycles. The Morgan fingerprint density at radius 1 is 0.938 bits per heavy atom. The molecule has 0 N–H and O–H groups in total. The zero-order valence-electron chi connectivity index (χ0n) is 11.2. The second kappa shape index (κ2) is 7.80. The van der Waals surface area contributed by atoms with Gasteiger partial charge in [-0.2, -0.15) is 0 Å². The maximum Gasteiger partial charge on any atom is 0.159 e. The van der Waals surface area contributed by atoms with Gasteiger partial charge in [-0.05, 0) is 37.6 Å². The molecule has 0 fully saturated rings. The topological polar surface area (TPSA) is 25.8 Å². The molecule has 88 valence electrons. The number of rotatable bonds is 0. The number of hydrogen-bond acceptors (Lipinski definition) is 2. The van der Waals surface area contributed by atoms with Gasteiger partial charge in [-0.25, -0.2) is 9.97 Å². The number of hydrogen-bond donors (Lipinski definition) is 0. The molecule has 0 aliphatic rings. The Kier molecular flexibility index (Phi) is 7.10. The van der Waals surface area contributed by atoms with Crippen molar-refractivity contribution >= 4 is 11.0 Å². The third-order valence-corrected chi connectivity index (χ3v) is 1.82. The third-order valence-electron chi connectivity index (χ3n) is 1.82. The number of aryl methyl sites for hydroxylation is 2. The highest BCUT2D eigenvalue weighted by molar-refractivity contribution is 5.74. The summed E-state index contributed by atoms with van der Waals surface area (Å²) in [6.45, 7) is 12.0. The highest BCUT2D eigenvalue weighted by Crippen LogP contribution is 2.10. The van der Waals surface area contributed by atoms with Crippen LogP contribution in [0.4, 0.5) is 0 Å². The smallest absolute Gasteiger partial charge is 0.159 e. The number of aromatic nitrogens is 2. The molecule has 2 nitrogen and oxygen atoms in total. The van der Waals surface area contributed by atoms with E-state index in [2.05, 4.69) is 22.1 Å². The molecule has 2 heteroatoms. The Labute approximate surface area is 98.8 Å². The molecule has 2 rings (SSSR count). The summed E-state index contributed by atoms with van der Waals surface area (Å²) in [6, 6.07) is 6.15. The van der Waals surface area contributed by atoms with E-state index in [0.717, 1.165) is 16.7 Å². The Morgan fingerprint density at radius 3 is 2.19 bits per heavy atom. The monoisotopic (exact) mass is 218 g/mol. The van der Waals surface area contributed by atoms with E-state index in [9.17, 15) is 0 Å². The lowest BCUT2D eigenvalue weighted by Gasteiger charge is -1.98. The maximum atomic E-state index is 4.31. The van der Waals surface area contributed by atoms with Gasteiger partial charge in [-0.3, -0.25) is 0 Å². The molecule has 2 aromatic rings. The molecule has 0 atom stereocenters. The number of nitrogens with zero attached hydrogens (tertiary/aromatic N) is 2. The zero-order chi connectivity index (χ0) is 12.6. The Hall–Kier alpha value is -1.44. The molecule has 0 unspecified atom stereocenters. The average molecular weight is 218 g/mol. The lowest BCUT2D eigenvalue weighted by atomic mass is 10.2. The molecule has 0 aromatic carbocycles. The van der Waals surface area contributed by atoms with Gasteiger partial charge in [0.1, 0.15) is 0 Å². The van der Waals surface area contributed by atoms with Crippen molar-refractivity contribution in [3.05, 3.63) is 35.7 Å². The Morgan fingerprint density at radius 2 is 1.56 bits per heavy atom. The van der Waals surface area contributed by atoms with Crippen LogP contribution >= 0.6 is 0 Å². The van der Waals surface area contributed by atoms with Crippen LogP contribution in [0, 0.1) is 13.8 Å². The van der Waals surface area contributed by atoms with Crippen LogP contribution in [0.3, 0.4) is 0 Å². The lowest BCUT2D eigenvalue weighted by molar-refractivity contribution is 1.19. The van der Waals surface area contributed by atoms with Crippen molar-refractivity contribution in [3.8, 4) is 0 Å². The number of pyridine rings is 2. The quantitative estimate of drug-likeness (QED) is 0.659. The molecule has 0 bridgehead atoms. The molecule has 2 heterocycles. The Bertz CT molecular complexity index is 381. The second-order valence-corrected chi connectivity index (χ2v) is 3.01. The van der Waals surface area contributed by atoms with Crippen LogP contribution < -0.4 is 0 Å². The van der Waals surface area contributed by atoms with E-state index in [-0.39, 0.29) is 0 Å². The van der Waals surface area contributed by atoms with Gasteiger partial charge in [0.2, 0.25) is 0 Å². The predicted octanol–water partition coefficient (Wildman–Crippen LogP) is 4.30. The van der Waals surface area contributed by atoms with E-state index in [1.807, 2.05) is 53.8 Å². The predicted molar refractivity (Wildman–Crippen MR) is 71.7 cm³/mol. The first-order valence-corrected chi connectivity index (χ1v) is 5.96. The molecule has 0 radical (unpaired) electrons. The van der Waals surface area contributed by atoms with Gasteiger partial charge in [0.25, 0.3) is 0 Å². The molecule has 0 saturated heterocycles.